The van der Waals surface area contributed by atoms with Gasteiger partial charge < -0.3 is 5.32 Å². The molecule has 1 aromatic rings. The van der Waals surface area contributed by atoms with Crippen molar-refractivity contribution in [3.05, 3.63) is 28.0 Å². The fourth-order valence-corrected chi connectivity index (χ4v) is 2.03. The molecule has 4 nitrogen and oxygen atoms in total. The van der Waals surface area contributed by atoms with E-state index in [4.69, 9.17) is 5.84 Å². The van der Waals surface area contributed by atoms with Gasteiger partial charge >= 0.3 is 0 Å². The Balaban J connectivity index is 2.90. The topological polar surface area (TPSA) is 67.2 Å². The van der Waals surface area contributed by atoms with Gasteiger partial charge in [0.1, 0.15) is 5.82 Å². The maximum absolute atomic E-state index is 13.8. The highest BCUT2D eigenvalue weighted by Gasteiger charge is 2.15. The van der Waals surface area contributed by atoms with Crippen molar-refractivity contribution in [3.8, 4) is 0 Å². The number of unbranched alkanes of at least 4 members (excludes halogenated alkanes) is 2. The van der Waals surface area contributed by atoms with Crippen LogP contribution >= 0.6 is 15.9 Å². The summed E-state index contributed by atoms with van der Waals surface area (Å²) < 4.78 is 14.3. The molecule has 0 aliphatic rings. The zero-order valence-electron chi connectivity index (χ0n) is 10.2. The third-order valence-corrected chi connectivity index (χ3v) is 2.97. The Labute approximate surface area is 114 Å². The fourth-order valence-electron chi connectivity index (χ4n) is 1.60. The number of benzene rings is 1. The van der Waals surface area contributed by atoms with Gasteiger partial charge in [-0.05, 0) is 18.6 Å². The molecule has 0 spiro atoms. The van der Waals surface area contributed by atoms with Crippen molar-refractivity contribution in [2.45, 2.75) is 26.2 Å². The molecular weight excluding hydrogens is 301 g/mol. The molecule has 0 heterocycles. The summed E-state index contributed by atoms with van der Waals surface area (Å²) in [5.74, 6) is 4.09. The molecule has 0 bridgehead atoms. The van der Waals surface area contributed by atoms with Gasteiger partial charge in [0.25, 0.3) is 5.91 Å². The number of hydrazine groups is 1. The SMILES string of the molecule is CCCCCNc1c(F)cc(Br)cc1C(=O)NN. The van der Waals surface area contributed by atoms with Crippen molar-refractivity contribution in [3.63, 3.8) is 0 Å². The van der Waals surface area contributed by atoms with E-state index in [2.05, 4.69) is 28.2 Å². The van der Waals surface area contributed by atoms with E-state index >= 15 is 0 Å². The zero-order valence-corrected chi connectivity index (χ0v) is 11.8. The largest absolute Gasteiger partial charge is 0.382 e. The molecule has 0 fully saturated rings. The van der Waals surface area contributed by atoms with E-state index in [-0.39, 0.29) is 11.3 Å². The first-order valence-electron chi connectivity index (χ1n) is 5.84. The van der Waals surface area contributed by atoms with Crippen molar-refractivity contribution in [2.24, 2.45) is 5.84 Å². The molecule has 100 valence electrons. The zero-order chi connectivity index (χ0) is 13.5. The van der Waals surface area contributed by atoms with E-state index in [0.717, 1.165) is 19.3 Å². The summed E-state index contributed by atoms with van der Waals surface area (Å²) in [7, 11) is 0. The first kappa shape index (κ1) is 14.9. The normalized spacial score (nSPS) is 10.2. The monoisotopic (exact) mass is 317 g/mol. The quantitative estimate of drug-likeness (QED) is 0.327. The number of hydrogen-bond donors (Lipinski definition) is 3. The molecule has 0 aliphatic carbocycles. The van der Waals surface area contributed by atoms with Crippen LogP contribution in [0.1, 0.15) is 36.5 Å². The second-order valence-electron chi connectivity index (χ2n) is 3.92. The molecule has 0 saturated carbocycles. The van der Waals surface area contributed by atoms with Crippen LogP contribution in [0.3, 0.4) is 0 Å². The minimum atomic E-state index is -0.520. The molecule has 1 rings (SSSR count). The standard InChI is InChI=1S/C12H17BrFN3O/c1-2-3-4-5-16-11-9(12(18)17-15)6-8(13)7-10(11)14/h6-7,16H,2-5,15H2,1H3,(H,17,18). The Morgan fingerprint density at radius 2 is 2.17 bits per heavy atom. The summed E-state index contributed by atoms with van der Waals surface area (Å²) in [6.07, 6.45) is 3.07. The van der Waals surface area contributed by atoms with Crippen molar-refractivity contribution in [2.75, 3.05) is 11.9 Å². The second kappa shape index (κ2) is 7.33. The average molecular weight is 318 g/mol. The second-order valence-corrected chi connectivity index (χ2v) is 4.83. The van der Waals surface area contributed by atoms with Gasteiger partial charge in [-0.2, -0.15) is 0 Å². The first-order valence-corrected chi connectivity index (χ1v) is 6.63. The minimum absolute atomic E-state index is 0.192. The van der Waals surface area contributed by atoms with E-state index in [9.17, 15) is 9.18 Å². The van der Waals surface area contributed by atoms with Gasteiger partial charge in [0.15, 0.2) is 0 Å². The van der Waals surface area contributed by atoms with Crippen LogP contribution in [-0.4, -0.2) is 12.5 Å². The fraction of sp³-hybridized carbons (Fsp3) is 0.417. The van der Waals surface area contributed by atoms with Crippen LogP contribution in [0.2, 0.25) is 0 Å². The van der Waals surface area contributed by atoms with Crippen molar-refractivity contribution >= 4 is 27.5 Å². The lowest BCUT2D eigenvalue weighted by atomic mass is 10.1. The Morgan fingerprint density at radius 3 is 2.78 bits per heavy atom. The number of nitrogens with two attached hydrogens (primary N) is 1. The van der Waals surface area contributed by atoms with Gasteiger partial charge in [-0.1, -0.05) is 35.7 Å². The Morgan fingerprint density at radius 1 is 1.44 bits per heavy atom. The summed E-state index contributed by atoms with van der Waals surface area (Å²) in [4.78, 5) is 11.6. The highest BCUT2D eigenvalue weighted by molar-refractivity contribution is 9.10. The third kappa shape index (κ3) is 3.96. The molecule has 0 saturated heterocycles. The molecule has 0 unspecified atom stereocenters. The highest BCUT2D eigenvalue weighted by Crippen LogP contribution is 2.25. The number of rotatable bonds is 6. The molecule has 0 atom stereocenters. The van der Waals surface area contributed by atoms with E-state index in [1.54, 1.807) is 0 Å². The number of carbonyl (C=O) groups is 1. The summed E-state index contributed by atoms with van der Waals surface area (Å²) in [5, 5.41) is 2.95. The van der Waals surface area contributed by atoms with Gasteiger partial charge in [0, 0.05) is 11.0 Å². The van der Waals surface area contributed by atoms with Crippen LogP contribution in [-0.2, 0) is 0 Å². The van der Waals surface area contributed by atoms with Gasteiger partial charge in [0.05, 0.1) is 11.3 Å². The number of nitrogen functional groups attached to an aromatic ring is 1. The Hall–Kier alpha value is -1.14. The average Bonchev–Trinajstić information content (AvgIpc) is 2.35. The van der Waals surface area contributed by atoms with Crippen LogP contribution < -0.4 is 16.6 Å². The van der Waals surface area contributed by atoms with Crippen LogP contribution in [0, 0.1) is 5.82 Å². The summed E-state index contributed by atoms with van der Waals surface area (Å²) in [6.45, 7) is 2.71. The predicted octanol–water partition coefficient (Wildman–Crippen LogP) is 2.79. The molecular formula is C12H17BrFN3O. The van der Waals surface area contributed by atoms with Crippen LogP contribution in [0.4, 0.5) is 10.1 Å². The maximum Gasteiger partial charge on any atom is 0.267 e. The number of carbonyl (C=O) groups excluding carboxylic acids is 1. The summed E-state index contributed by atoms with van der Waals surface area (Å²) >= 11 is 3.15. The van der Waals surface area contributed by atoms with E-state index in [1.165, 1.54) is 12.1 Å². The van der Waals surface area contributed by atoms with Crippen LogP contribution in [0.15, 0.2) is 16.6 Å². The van der Waals surface area contributed by atoms with E-state index in [1.807, 2.05) is 5.43 Å². The van der Waals surface area contributed by atoms with Gasteiger partial charge in [-0.3, -0.25) is 10.2 Å². The Kier molecular flexibility index (Phi) is 6.07. The maximum atomic E-state index is 13.8. The molecule has 1 aromatic carbocycles. The molecule has 6 heteroatoms. The van der Waals surface area contributed by atoms with Gasteiger partial charge in [-0.15, -0.1) is 0 Å². The van der Waals surface area contributed by atoms with Gasteiger partial charge in [-0.25, -0.2) is 10.2 Å². The van der Waals surface area contributed by atoms with Crippen molar-refractivity contribution < 1.29 is 9.18 Å². The molecule has 4 N–H and O–H groups in total. The number of halogens is 2. The van der Waals surface area contributed by atoms with Crippen molar-refractivity contribution in [1.82, 2.24) is 5.43 Å². The predicted molar refractivity (Wildman–Crippen MR) is 73.8 cm³/mol. The van der Waals surface area contributed by atoms with Crippen LogP contribution in [0.25, 0.3) is 0 Å². The molecule has 18 heavy (non-hydrogen) atoms. The highest BCUT2D eigenvalue weighted by atomic mass is 79.9. The molecule has 0 aliphatic heterocycles. The lowest BCUT2D eigenvalue weighted by Crippen LogP contribution is -2.31. The number of amides is 1. The summed E-state index contributed by atoms with van der Waals surface area (Å²) in [5.41, 5.74) is 2.40. The molecule has 1 amide bonds. The van der Waals surface area contributed by atoms with Crippen molar-refractivity contribution in [1.29, 1.82) is 0 Å². The molecule has 0 aromatic heterocycles. The lowest BCUT2D eigenvalue weighted by Gasteiger charge is -2.12. The smallest absolute Gasteiger partial charge is 0.267 e. The number of anilines is 1. The number of hydrogen-bond acceptors (Lipinski definition) is 3. The van der Waals surface area contributed by atoms with E-state index in [0.29, 0.717) is 11.0 Å². The van der Waals surface area contributed by atoms with E-state index < -0.39 is 11.7 Å². The first-order chi connectivity index (χ1) is 8.60. The third-order valence-electron chi connectivity index (χ3n) is 2.51. The molecule has 0 radical (unpaired) electrons. The minimum Gasteiger partial charge on any atom is -0.382 e. The van der Waals surface area contributed by atoms with Gasteiger partial charge in [0.2, 0.25) is 0 Å². The lowest BCUT2D eigenvalue weighted by molar-refractivity contribution is 0.0954. The van der Waals surface area contributed by atoms with Crippen LogP contribution in [0.5, 0.6) is 0 Å². The number of nitrogens with one attached hydrogen (secondary N) is 2. The summed E-state index contributed by atoms with van der Waals surface area (Å²) in [6, 6.07) is 2.85. The Bertz CT molecular complexity index is 426.